The Hall–Kier alpha value is -2.09. The van der Waals surface area contributed by atoms with E-state index < -0.39 is 0 Å². The van der Waals surface area contributed by atoms with E-state index in [-0.39, 0.29) is 5.97 Å². The molecule has 24 heavy (non-hydrogen) atoms. The average Bonchev–Trinajstić information content (AvgIpc) is 2.65. The summed E-state index contributed by atoms with van der Waals surface area (Å²) in [5.41, 5.74) is 4.16. The largest absolute Gasteiger partial charge is 0.457 e. The summed E-state index contributed by atoms with van der Waals surface area (Å²) in [5.74, 6) is 0.752. The van der Waals surface area contributed by atoms with Gasteiger partial charge in [0.05, 0.1) is 5.56 Å². The predicted molar refractivity (Wildman–Crippen MR) is 99.4 cm³/mol. The van der Waals surface area contributed by atoms with Crippen LogP contribution in [0.2, 0.25) is 0 Å². The van der Waals surface area contributed by atoms with E-state index >= 15 is 0 Å². The summed E-state index contributed by atoms with van der Waals surface area (Å²) in [5, 5.41) is 0. The van der Waals surface area contributed by atoms with Crippen molar-refractivity contribution in [3.8, 4) is 0 Å². The lowest BCUT2D eigenvalue weighted by atomic mass is 9.97. The Kier molecular flexibility index (Phi) is 6.60. The van der Waals surface area contributed by atoms with Gasteiger partial charge in [-0.3, -0.25) is 0 Å². The average molecular weight is 324 g/mol. The summed E-state index contributed by atoms with van der Waals surface area (Å²) in [4.78, 5) is 12.3. The topological polar surface area (TPSA) is 26.3 Å². The summed E-state index contributed by atoms with van der Waals surface area (Å²) >= 11 is 0. The Morgan fingerprint density at radius 1 is 0.917 bits per heavy atom. The van der Waals surface area contributed by atoms with Crippen LogP contribution in [-0.2, 0) is 11.3 Å². The molecule has 2 aromatic rings. The number of rotatable bonds is 7. The summed E-state index contributed by atoms with van der Waals surface area (Å²) in [7, 11) is 0. The van der Waals surface area contributed by atoms with Gasteiger partial charge in [0.2, 0.25) is 0 Å². The lowest BCUT2D eigenvalue weighted by Crippen LogP contribution is -2.06. The van der Waals surface area contributed by atoms with E-state index in [2.05, 4.69) is 45.9 Å². The van der Waals surface area contributed by atoms with Gasteiger partial charge < -0.3 is 4.74 Å². The standard InChI is InChI=1S/C22H28O2/c1-5-16(3)19-12-10-18(11-13-19)15-24-22(23)21-9-7-8-20(14-21)17(4)6-2/h7-14,16-17H,5-6,15H2,1-4H3. The number of ether oxygens (including phenoxy) is 1. The van der Waals surface area contributed by atoms with Crippen molar-refractivity contribution in [3.05, 3.63) is 70.8 Å². The first kappa shape index (κ1) is 18.3. The second-order valence-electron chi connectivity index (χ2n) is 6.56. The van der Waals surface area contributed by atoms with Crippen LogP contribution in [0.1, 0.15) is 79.4 Å². The van der Waals surface area contributed by atoms with Crippen molar-refractivity contribution in [2.45, 2.75) is 59.0 Å². The molecular formula is C22H28O2. The molecule has 2 atom stereocenters. The van der Waals surface area contributed by atoms with Crippen molar-refractivity contribution in [2.24, 2.45) is 0 Å². The van der Waals surface area contributed by atoms with Gasteiger partial charge in [0.25, 0.3) is 0 Å². The quantitative estimate of drug-likeness (QED) is 0.578. The maximum Gasteiger partial charge on any atom is 0.338 e. The van der Waals surface area contributed by atoms with Gasteiger partial charge >= 0.3 is 5.97 Å². The predicted octanol–water partition coefficient (Wildman–Crippen LogP) is 6.07. The minimum Gasteiger partial charge on any atom is -0.457 e. The van der Waals surface area contributed by atoms with E-state index in [1.54, 1.807) is 0 Å². The van der Waals surface area contributed by atoms with Gasteiger partial charge in [-0.2, -0.15) is 0 Å². The van der Waals surface area contributed by atoms with Crippen LogP contribution in [0.3, 0.4) is 0 Å². The van der Waals surface area contributed by atoms with Gasteiger partial charge in [-0.1, -0.05) is 64.1 Å². The summed E-state index contributed by atoms with van der Waals surface area (Å²) in [6.45, 7) is 9.04. The van der Waals surface area contributed by atoms with Crippen LogP contribution in [0.5, 0.6) is 0 Å². The zero-order chi connectivity index (χ0) is 17.5. The molecule has 0 bridgehead atoms. The van der Waals surface area contributed by atoms with Crippen molar-refractivity contribution in [3.63, 3.8) is 0 Å². The SMILES string of the molecule is CCC(C)c1ccc(COC(=O)c2cccc(C(C)CC)c2)cc1. The molecular weight excluding hydrogens is 296 g/mol. The molecule has 0 amide bonds. The molecule has 2 rings (SSSR count). The van der Waals surface area contributed by atoms with Crippen LogP contribution in [0.15, 0.2) is 48.5 Å². The maximum absolute atomic E-state index is 12.3. The molecule has 0 spiro atoms. The molecule has 0 fully saturated rings. The van der Waals surface area contributed by atoms with Crippen molar-refractivity contribution in [1.29, 1.82) is 0 Å². The number of hydrogen-bond donors (Lipinski definition) is 0. The summed E-state index contributed by atoms with van der Waals surface area (Å²) in [6, 6.07) is 16.1. The second-order valence-corrected chi connectivity index (χ2v) is 6.56. The van der Waals surface area contributed by atoms with E-state index in [1.165, 1.54) is 11.1 Å². The summed E-state index contributed by atoms with van der Waals surface area (Å²) in [6.07, 6.45) is 2.18. The van der Waals surface area contributed by atoms with E-state index in [0.717, 1.165) is 18.4 Å². The first-order valence-corrected chi connectivity index (χ1v) is 8.91. The third-order valence-corrected chi connectivity index (χ3v) is 4.83. The van der Waals surface area contributed by atoms with Crippen LogP contribution < -0.4 is 0 Å². The number of carbonyl (C=O) groups excluding carboxylic acids is 1. The Morgan fingerprint density at radius 2 is 1.54 bits per heavy atom. The first-order chi connectivity index (χ1) is 11.5. The van der Waals surface area contributed by atoms with Gasteiger partial charge in [-0.05, 0) is 53.5 Å². The molecule has 2 heteroatoms. The van der Waals surface area contributed by atoms with Crippen LogP contribution in [0.4, 0.5) is 0 Å². The second kappa shape index (κ2) is 8.68. The highest BCUT2D eigenvalue weighted by molar-refractivity contribution is 5.89. The lowest BCUT2D eigenvalue weighted by Gasteiger charge is -2.12. The Bertz CT molecular complexity index is 658. The van der Waals surface area contributed by atoms with Gasteiger partial charge in [0.15, 0.2) is 0 Å². The fourth-order valence-corrected chi connectivity index (χ4v) is 2.62. The molecule has 0 aliphatic carbocycles. The van der Waals surface area contributed by atoms with E-state index in [0.29, 0.717) is 24.0 Å². The molecule has 0 saturated carbocycles. The monoisotopic (exact) mass is 324 g/mol. The highest BCUT2D eigenvalue weighted by Crippen LogP contribution is 2.21. The normalized spacial score (nSPS) is 13.3. The molecule has 0 heterocycles. The van der Waals surface area contributed by atoms with Crippen molar-refractivity contribution >= 4 is 5.97 Å². The number of carbonyl (C=O) groups is 1. The molecule has 0 aromatic heterocycles. The summed E-state index contributed by atoms with van der Waals surface area (Å²) < 4.78 is 5.47. The van der Waals surface area contributed by atoms with E-state index in [4.69, 9.17) is 4.74 Å². The number of benzene rings is 2. The third-order valence-electron chi connectivity index (χ3n) is 4.83. The molecule has 0 saturated heterocycles. The Labute approximate surface area is 145 Å². The van der Waals surface area contributed by atoms with E-state index in [9.17, 15) is 4.79 Å². The molecule has 0 N–H and O–H groups in total. The lowest BCUT2D eigenvalue weighted by molar-refractivity contribution is 0.0472. The first-order valence-electron chi connectivity index (χ1n) is 8.91. The van der Waals surface area contributed by atoms with Crippen LogP contribution >= 0.6 is 0 Å². The fourth-order valence-electron chi connectivity index (χ4n) is 2.62. The van der Waals surface area contributed by atoms with Crippen molar-refractivity contribution in [2.75, 3.05) is 0 Å². The molecule has 128 valence electrons. The van der Waals surface area contributed by atoms with Gasteiger partial charge in [-0.15, -0.1) is 0 Å². The molecule has 0 aliphatic rings. The molecule has 0 radical (unpaired) electrons. The van der Waals surface area contributed by atoms with E-state index in [1.807, 2.05) is 30.3 Å². The molecule has 2 unspecified atom stereocenters. The minimum atomic E-state index is -0.258. The molecule has 2 nitrogen and oxygen atoms in total. The number of hydrogen-bond acceptors (Lipinski definition) is 2. The highest BCUT2D eigenvalue weighted by Gasteiger charge is 2.11. The van der Waals surface area contributed by atoms with Gasteiger partial charge in [0, 0.05) is 0 Å². The Morgan fingerprint density at radius 3 is 2.17 bits per heavy atom. The fraction of sp³-hybridized carbons (Fsp3) is 0.409. The smallest absolute Gasteiger partial charge is 0.338 e. The van der Waals surface area contributed by atoms with Gasteiger partial charge in [-0.25, -0.2) is 4.79 Å². The number of esters is 1. The zero-order valence-electron chi connectivity index (χ0n) is 15.2. The Balaban J connectivity index is 1.98. The van der Waals surface area contributed by atoms with Crippen LogP contribution in [0, 0.1) is 0 Å². The van der Waals surface area contributed by atoms with Gasteiger partial charge in [0.1, 0.15) is 6.61 Å². The van der Waals surface area contributed by atoms with Crippen molar-refractivity contribution in [1.82, 2.24) is 0 Å². The van der Waals surface area contributed by atoms with Crippen molar-refractivity contribution < 1.29 is 9.53 Å². The third kappa shape index (κ3) is 4.70. The minimum absolute atomic E-state index is 0.258. The molecule has 0 aliphatic heterocycles. The molecule has 2 aromatic carbocycles. The maximum atomic E-state index is 12.3. The zero-order valence-corrected chi connectivity index (χ0v) is 15.2. The highest BCUT2D eigenvalue weighted by atomic mass is 16.5. The van der Waals surface area contributed by atoms with Crippen LogP contribution in [0.25, 0.3) is 0 Å². The van der Waals surface area contributed by atoms with Crippen LogP contribution in [-0.4, -0.2) is 5.97 Å².